The van der Waals surface area contributed by atoms with Gasteiger partial charge in [-0.2, -0.15) is 0 Å². The number of unbranched alkanes of at least 4 members (excludes halogenated alkanes) is 20. The molecule has 276 valence electrons. The Morgan fingerprint density at radius 1 is 0.596 bits per heavy atom. The topological polar surface area (TPSA) is 108 Å². The van der Waals surface area contributed by atoms with Gasteiger partial charge in [-0.1, -0.05) is 154 Å². The first-order valence-corrected chi connectivity index (χ1v) is 20.5. The summed E-state index contributed by atoms with van der Waals surface area (Å²) in [6.45, 7) is 3.83. The molecule has 0 saturated carbocycles. The molecule has 2 atom stereocenters. The van der Waals surface area contributed by atoms with E-state index in [-0.39, 0.29) is 19.0 Å². The van der Waals surface area contributed by atoms with Crippen molar-refractivity contribution in [3.63, 3.8) is 0 Å². The normalized spacial score (nSPS) is 13.7. The molecule has 0 aromatic heterocycles. The Kier molecular flexibility index (Phi) is 33.3. The van der Waals surface area contributed by atoms with E-state index in [9.17, 15) is 19.0 Å². The van der Waals surface area contributed by atoms with Crippen molar-refractivity contribution >= 4 is 19.8 Å². The Labute approximate surface area is 288 Å². The van der Waals surface area contributed by atoms with Crippen LogP contribution in [-0.2, 0) is 32.7 Å². The highest BCUT2D eigenvalue weighted by Gasteiger charge is 2.24. The third-order valence-electron chi connectivity index (χ3n) is 8.20. The molecule has 0 aromatic carbocycles. The molecule has 2 unspecified atom stereocenters. The number of hydrogen-bond donors (Lipinski definition) is 1. The number of carbonyl (C=O) groups is 2. The van der Waals surface area contributed by atoms with Gasteiger partial charge in [0.05, 0.1) is 6.61 Å². The van der Waals surface area contributed by atoms with Crippen LogP contribution >= 0.6 is 7.82 Å². The zero-order valence-corrected chi connectivity index (χ0v) is 31.3. The lowest BCUT2D eigenvalue weighted by atomic mass is 10.0. The summed E-state index contributed by atoms with van der Waals surface area (Å²) in [7, 11) is -3.20. The van der Waals surface area contributed by atoms with Gasteiger partial charge in [-0.25, -0.2) is 4.57 Å². The van der Waals surface area contributed by atoms with Gasteiger partial charge in [0.2, 0.25) is 0 Å². The Balaban J connectivity index is 4.07. The molecule has 0 aliphatic rings. The van der Waals surface area contributed by atoms with Gasteiger partial charge in [-0.3, -0.25) is 18.6 Å². The molecule has 0 radical (unpaired) electrons. The molecule has 0 aliphatic carbocycles. The van der Waals surface area contributed by atoms with Crippen molar-refractivity contribution in [1.82, 2.24) is 0 Å². The molecule has 0 aliphatic heterocycles. The van der Waals surface area contributed by atoms with Crippen LogP contribution in [0, 0.1) is 0 Å². The summed E-state index contributed by atoms with van der Waals surface area (Å²) in [5, 5.41) is 0. The first-order valence-electron chi connectivity index (χ1n) is 19.0. The van der Waals surface area contributed by atoms with Gasteiger partial charge < -0.3 is 14.4 Å². The van der Waals surface area contributed by atoms with E-state index in [1.807, 2.05) is 0 Å². The molecular weight excluding hydrogens is 615 g/mol. The maximum Gasteiger partial charge on any atom is 0.472 e. The zero-order valence-electron chi connectivity index (χ0n) is 30.4. The molecule has 0 aromatic rings. The van der Waals surface area contributed by atoms with Crippen LogP contribution in [0.25, 0.3) is 0 Å². The summed E-state index contributed by atoms with van der Waals surface area (Å²) in [5.74, 6) is -0.816. The number of phosphoric ester groups is 1. The lowest BCUT2D eigenvalue weighted by Gasteiger charge is -2.19. The fourth-order valence-corrected chi connectivity index (χ4v) is 5.66. The molecule has 0 fully saturated rings. The number of carbonyl (C=O) groups excluding carboxylic acids is 2. The summed E-state index contributed by atoms with van der Waals surface area (Å²) >= 11 is 0. The van der Waals surface area contributed by atoms with Crippen molar-refractivity contribution in [1.29, 1.82) is 0 Å². The van der Waals surface area contributed by atoms with Crippen LogP contribution in [0.2, 0.25) is 0 Å². The Morgan fingerprint density at radius 3 is 1.55 bits per heavy atom. The molecule has 0 heterocycles. The predicted molar refractivity (Wildman–Crippen MR) is 193 cm³/mol. The molecular formula is C38H71O8P. The Hall–Kier alpha value is -1.47. The van der Waals surface area contributed by atoms with Crippen molar-refractivity contribution in [2.75, 3.05) is 20.3 Å². The number of allylic oxidation sites excluding steroid dienone is 4. The molecule has 0 spiro atoms. The van der Waals surface area contributed by atoms with Gasteiger partial charge in [0, 0.05) is 20.0 Å². The zero-order chi connectivity index (χ0) is 34.7. The van der Waals surface area contributed by atoms with Crippen LogP contribution in [0.1, 0.15) is 181 Å². The van der Waals surface area contributed by atoms with Gasteiger partial charge >= 0.3 is 19.8 Å². The van der Waals surface area contributed by atoms with E-state index in [0.717, 1.165) is 71.3 Å². The monoisotopic (exact) mass is 686 g/mol. The second-order valence-electron chi connectivity index (χ2n) is 12.7. The molecule has 8 nitrogen and oxygen atoms in total. The Bertz CT molecular complexity index is 829. The van der Waals surface area contributed by atoms with E-state index in [0.29, 0.717) is 12.8 Å². The second kappa shape index (κ2) is 34.4. The van der Waals surface area contributed by atoms with Crippen molar-refractivity contribution in [3.05, 3.63) is 24.3 Å². The van der Waals surface area contributed by atoms with Crippen LogP contribution < -0.4 is 0 Å². The van der Waals surface area contributed by atoms with Crippen LogP contribution in [0.3, 0.4) is 0 Å². The number of ether oxygens (including phenoxy) is 2. The smallest absolute Gasteiger partial charge is 0.462 e. The summed E-state index contributed by atoms with van der Waals surface area (Å²) in [6, 6.07) is 0. The highest BCUT2D eigenvalue weighted by atomic mass is 31.2. The molecule has 1 N–H and O–H groups in total. The summed E-state index contributed by atoms with van der Waals surface area (Å²) in [6.07, 6.45) is 36.5. The molecule has 47 heavy (non-hydrogen) atoms. The van der Waals surface area contributed by atoms with E-state index in [1.165, 1.54) is 83.5 Å². The first kappa shape index (κ1) is 45.5. The second-order valence-corrected chi connectivity index (χ2v) is 14.3. The fraction of sp³-hybridized carbons (Fsp3) is 0.842. The minimum Gasteiger partial charge on any atom is -0.462 e. The van der Waals surface area contributed by atoms with E-state index in [1.54, 1.807) is 0 Å². The van der Waals surface area contributed by atoms with Crippen LogP contribution in [0.5, 0.6) is 0 Å². The summed E-state index contributed by atoms with van der Waals surface area (Å²) in [5.41, 5.74) is 0. The van der Waals surface area contributed by atoms with Gasteiger partial charge in [-0.05, 0) is 38.5 Å². The summed E-state index contributed by atoms with van der Waals surface area (Å²) < 4.78 is 31.9. The van der Waals surface area contributed by atoms with E-state index < -0.39 is 26.5 Å². The molecule has 0 bridgehead atoms. The minimum absolute atomic E-state index is 0.227. The largest absolute Gasteiger partial charge is 0.472 e. The minimum atomic E-state index is -4.26. The van der Waals surface area contributed by atoms with Crippen molar-refractivity contribution in [2.24, 2.45) is 0 Å². The van der Waals surface area contributed by atoms with Crippen molar-refractivity contribution in [2.45, 2.75) is 187 Å². The lowest BCUT2D eigenvalue weighted by molar-refractivity contribution is -0.161. The maximum atomic E-state index is 12.4. The fourth-order valence-electron chi connectivity index (χ4n) is 5.20. The molecule has 0 amide bonds. The molecule has 9 heteroatoms. The highest BCUT2D eigenvalue weighted by Crippen LogP contribution is 2.42. The van der Waals surface area contributed by atoms with Gasteiger partial charge in [0.1, 0.15) is 6.61 Å². The molecule has 0 rings (SSSR count). The van der Waals surface area contributed by atoms with Gasteiger partial charge in [0.15, 0.2) is 6.10 Å². The lowest BCUT2D eigenvalue weighted by Crippen LogP contribution is -2.29. The quantitative estimate of drug-likeness (QED) is 0.0304. The van der Waals surface area contributed by atoms with E-state index in [2.05, 4.69) is 42.7 Å². The Morgan fingerprint density at radius 2 is 1.04 bits per heavy atom. The maximum absolute atomic E-state index is 12.4. The summed E-state index contributed by atoms with van der Waals surface area (Å²) in [4.78, 5) is 34.3. The molecule has 0 saturated heterocycles. The van der Waals surface area contributed by atoms with E-state index in [4.69, 9.17) is 14.0 Å². The van der Waals surface area contributed by atoms with Crippen molar-refractivity contribution in [3.8, 4) is 0 Å². The number of phosphoric acid groups is 1. The standard InChI is InChI=1S/C38H71O8P/c1-4-6-8-10-12-14-16-18-20-22-24-26-28-30-32-37(39)44-34-36(35-45-47(41,42)43-3)46-38(40)33-31-29-27-25-23-21-19-17-15-13-11-9-7-5-2/h11,13,17,19,36H,4-10,12,14-16,18,20-35H2,1-3H3,(H,41,42)/b13-11-,19-17-. The third kappa shape index (κ3) is 34.2. The third-order valence-corrected chi connectivity index (χ3v) is 9.14. The number of hydrogen-bond acceptors (Lipinski definition) is 7. The van der Waals surface area contributed by atoms with Gasteiger partial charge in [-0.15, -0.1) is 0 Å². The highest BCUT2D eigenvalue weighted by molar-refractivity contribution is 7.47. The SMILES string of the molecule is CCCC/C=C\C/C=C\CCCCCCCC(=O)OC(COC(=O)CCCCCCCCCCCCCCCC)COP(=O)(O)OC. The van der Waals surface area contributed by atoms with Crippen LogP contribution in [0.4, 0.5) is 0 Å². The average molecular weight is 687 g/mol. The van der Waals surface area contributed by atoms with Crippen LogP contribution in [0.15, 0.2) is 24.3 Å². The average Bonchev–Trinajstić information content (AvgIpc) is 3.06. The number of esters is 2. The number of rotatable bonds is 35. The van der Waals surface area contributed by atoms with E-state index >= 15 is 0 Å². The predicted octanol–water partition coefficient (Wildman–Crippen LogP) is 11.5. The first-order chi connectivity index (χ1) is 22.8. The van der Waals surface area contributed by atoms with Crippen LogP contribution in [-0.4, -0.2) is 43.3 Å². The van der Waals surface area contributed by atoms with Crippen molar-refractivity contribution < 1.29 is 37.6 Å². The van der Waals surface area contributed by atoms with Gasteiger partial charge in [0.25, 0.3) is 0 Å².